The third kappa shape index (κ3) is 1.14. The van der Waals surface area contributed by atoms with E-state index in [1.165, 1.54) is 12.5 Å². The van der Waals surface area contributed by atoms with Crippen LogP contribution in [0, 0.1) is 6.92 Å². The molecule has 66 valence electrons. The van der Waals surface area contributed by atoms with E-state index >= 15 is 0 Å². The van der Waals surface area contributed by atoms with Crippen LogP contribution in [-0.4, -0.2) is 25.7 Å². The van der Waals surface area contributed by atoms with E-state index in [1.54, 1.807) is 17.4 Å². The van der Waals surface area contributed by atoms with Crippen LogP contribution in [0.25, 0.3) is 5.65 Å². The first-order chi connectivity index (χ1) is 6.18. The van der Waals surface area contributed by atoms with Crippen LogP contribution in [0.1, 0.15) is 15.9 Å². The summed E-state index contributed by atoms with van der Waals surface area (Å²) in [6.07, 6.45) is 2.98. The minimum absolute atomic E-state index is 0.271. The molecule has 13 heavy (non-hydrogen) atoms. The SMILES string of the molecule is Cc1cc2nncn2cc1C(=O)O. The van der Waals surface area contributed by atoms with Gasteiger partial charge in [-0.2, -0.15) is 0 Å². The maximum absolute atomic E-state index is 10.7. The molecule has 0 aliphatic carbocycles. The van der Waals surface area contributed by atoms with Gasteiger partial charge in [0.25, 0.3) is 0 Å². The first-order valence-corrected chi connectivity index (χ1v) is 3.72. The van der Waals surface area contributed by atoms with Crippen LogP contribution < -0.4 is 0 Å². The van der Waals surface area contributed by atoms with Gasteiger partial charge >= 0.3 is 5.97 Å². The molecule has 0 saturated carbocycles. The van der Waals surface area contributed by atoms with Gasteiger partial charge in [0.05, 0.1) is 5.56 Å². The number of aromatic carboxylic acids is 1. The monoisotopic (exact) mass is 177 g/mol. The third-order valence-corrected chi connectivity index (χ3v) is 1.87. The predicted octanol–water partition coefficient (Wildman–Crippen LogP) is 0.736. The molecule has 0 aromatic carbocycles. The fourth-order valence-electron chi connectivity index (χ4n) is 1.19. The van der Waals surface area contributed by atoms with E-state index in [0.717, 1.165) is 0 Å². The number of carbonyl (C=O) groups is 1. The number of pyridine rings is 1. The molecule has 0 aliphatic rings. The summed E-state index contributed by atoms with van der Waals surface area (Å²) >= 11 is 0. The molecular weight excluding hydrogens is 170 g/mol. The van der Waals surface area contributed by atoms with Crippen molar-refractivity contribution in [1.82, 2.24) is 14.6 Å². The van der Waals surface area contributed by atoms with Gasteiger partial charge in [0.1, 0.15) is 6.33 Å². The van der Waals surface area contributed by atoms with Gasteiger partial charge in [-0.1, -0.05) is 0 Å². The highest BCUT2D eigenvalue weighted by Crippen LogP contribution is 2.09. The van der Waals surface area contributed by atoms with Crippen molar-refractivity contribution in [3.8, 4) is 0 Å². The highest BCUT2D eigenvalue weighted by Gasteiger charge is 2.08. The molecule has 0 spiro atoms. The Balaban J connectivity index is 2.76. The quantitative estimate of drug-likeness (QED) is 0.697. The molecular formula is C8H7N3O2. The summed E-state index contributed by atoms with van der Waals surface area (Å²) in [6, 6.07) is 1.69. The standard InChI is InChI=1S/C8H7N3O2/c1-5-2-7-10-9-4-11(7)3-6(5)8(12)13/h2-4H,1H3,(H,12,13). The van der Waals surface area contributed by atoms with E-state index in [1.807, 2.05) is 0 Å². The molecule has 2 aromatic heterocycles. The predicted molar refractivity (Wildman–Crippen MR) is 44.7 cm³/mol. The summed E-state index contributed by atoms with van der Waals surface area (Å²) < 4.78 is 1.58. The zero-order valence-electron chi connectivity index (χ0n) is 6.93. The Morgan fingerprint density at radius 3 is 3.08 bits per heavy atom. The molecule has 0 aliphatic heterocycles. The van der Waals surface area contributed by atoms with Crippen molar-refractivity contribution in [2.75, 3.05) is 0 Å². The van der Waals surface area contributed by atoms with Crippen molar-refractivity contribution in [3.63, 3.8) is 0 Å². The molecule has 0 atom stereocenters. The molecule has 0 radical (unpaired) electrons. The second-order valence-electron chi connectivity index (χ2n) is 2.77. The second kappa shape index (κ2) is 2.55. The molecule has 0 fully saturated rings. The first-order valence-electron chi connectivity index (χ1n) is 3.72. The lowest BCUT2D eigenvalue weighted by Crippen LogP contribution is -2.01. The smallest absolute Gasteiger partial charge is 0.337 e. The van der Waals surface area contributed by atoms with Crippen molar-refractivity contribution in [2.24, 2.45) is 0 Å². The van der Waals surface area contributed by atoms with Gasteiger partial charge in [0.2, 0.25) is 0 Å². The van der Waals surface area contributed by atoms with Gasteiger partial charge in [-0.3, -0.25) is 4.40 Å². The Morgan fingerprint density at radius 2 is 2.38 bits per heavy atom. The van der Waals surface area contributed by atoms with E-state index in [9.17, 15) is 4.79 Å². The molecule has 0 bridgehead atoms. The minimum atomic E-state index is -0.937. The Labute approximate surface area is 73.6 Å². The molecule has 0 amide bonds. The van der Waals surface area contributed by atoms with Gasteiger partial charge in [0, 0.05) is 6.20 Å². The van der Waals surface area contributed by atoms with Crippen molar-refractivity contribution in [2.45, 2.75) is 6.92 Å². The molecule has 5 nitrogen and oxygen atoms in total. The molecule has 1 N–H and O–H groups in total. The maximum atomic E-state index is 10.7. The topological polar surface area (TPSA) is 67.5 Å². The number of rotatable bonds is 1. The van der Waals surface area contributed by atoms with Crippen molar-refractivity contribution in [1.29, 1.82) is 0 Å². The fraction of sp³-hybridized carbons (Fsp3) is 0.125. The number of aryl methyl sites for hydroxylation is 1. The van der Waals surface area contributed by atoms with Crippen LogP contribution in [-0.2, 0) is 0 Å². The van der Waals surface area contributed by atoms with Gasteiger partial charge in [-0.05, 0) is 18.6 Å². The zero-order valence-corrected chi connectivity index (χ0v) is 6.93. The summed E-state index contributed by atoms with van der Waals surface area (Å²) in [6.45, 7) is 1.73. The summed E-state index contributed by atoms with van der Waals surface area (Å²) in [7, 11) is 0. The van der Waals surface area contributed by atoms with E-state index in [4.69, 9.17) is 5.11 Å². The Hall–Kier alpha value is -1.91. The van der Waals surface area contributed by atoms with Gasteiger partial charge < -0.3 is 5.11 Å². The van der Waals surface area contributed by atoms with Crippen LogP contribution in [0.4, 0.5) is 0 Å². The largest absolute Gasteiger partial charge is 0.478 e. The molecule has 2 rings (SSSR count). The van der Waals surface area contributed by atoms with E-state index < -0.39 is 5.97 Å². The summed E-state index contributed by atoms with van der Waals surface area (Å²) in [5.41, 5.74) is 1.61. The van der Waals surface area contributed by atoms with Gasteiger partial charge in [-0.15, -0.1) is 10.2 Å². The van der Waals surface area contributed by atoms with E-state index in [2.05, 4.69) is 10.2 Å². The first kappa shape index (κ1) is 7.72. The van der Waals surface area contributed by atoms with Gasteiger partial charge in [-0.25, -0.2) is 4.79 Å². The Bertz CT molecular complexity index is 475. The van der Waals surface area contributed by atoms with Crippen molar-refractivity contribution >= 4 is 11.6 Å². The van der Waals surface area contributed by atoms with Crippen LogP contribution in [0.2, 0.25) is 0 Å². The normalized spacial score (nSPS) is 10.5. The lowest BCUT2D eigenvalue weighted by molar-refractivity contribution is 0.0695. The summed E-state index contributed by atoms with van der Waals surface area (Å²) in [4.78, 5) is 10.7. The minimum Gasteiger partial charge on any atom is -0.478 e. The number of carboxylic acids is 1. The van der Waals surface area contributed by atoms with Crippen LogP contribution in [0.15, 0.2) is 18.6 Å². The molecule has 2 aromatic rings. The Morgan fingerprint density at radius 1 is 1.62 bits per heavy atom. The summed E-state index contributed by atoms with van der Waals surface area (Å²) in [5.74, 6) is -0.937. The number of aromatic nitrogens is 3. The highest BCUT2D eigenvalue weighted by molar-refractivity contribution is 5.89. The third-order valence-electron chi connectivity index (χ3n) is 1.87. The number of fused-ring (bicyclic) bond motifs is 1. The van der Waals surface area contributed by atoms with Crippen LogP contribution >= 0.6 is 0 Å². The lowest BCUT2D eigenvalue weighted by atomic mass is 10.1. The number of nitrogens with zero attached hydrogens (tertiary/aromatic N) is 3. The van der Waals surface area contributed by atoms with Crippen molar-refractivity contribution in [3.05, 3.63) is 29.7 Å². The van der Waals surface area contributed by atoms with Gasteiger partial charge in [0.15, 0.2) is 5.65 Å². The van der Waals surface area contributed by atoms with E-state index in [-0.39, 0.29) is 5.56 Å². The lowest BCUT2D eigenvalue weighted by Gasteiger charge is -2.00. The molecule has 0 saturated heterocycles. The number of carboxylic acid groups (broad SMARTS) is 1. The zero-order chi connectivity index (χ0) is 9.42. The second-order valence-corrected chi connectivity index (χ2v) is 2.77. The highest BCUT2D eigenvalue weighted by atomic mass is 16.4. The average Bonchev–Trinajstić information content (AvgIpc) is 2.48. The Kier molecular flexibility index (Phi) is 1.51. The molecule has 0 unspecified atom stereocenters. The average molecular weight is 177 g/mol. The fourth-order valence-corrected chi connectivity index (χ4v) is 1.19. The number of hydrogen-bond donors (Lipinski definition) is 1. The summed E-state index contributed by atoms with van der Waals surface area (Å²) in [5, 5.41) is 16.3. The number of hydrogen-bond acceptors (Lipinski definition) is 3. The maximum Gasteiger partial charge on any atom is 0.337 e. The molecule has 5 heteroatoms. The van der Waals surface area contributed by atoms with Crippen molar-refractivity contribution < 1.29 is 9.90 Å². The van der Waals surface area contributed by atoms with Crippen LogP contribution in [0.3, 0.4) is 0 Å². The van der Waals surface area contributed by atoms with Crippen LogP contribution in [0.5, 0.6) is 0 Å². The van der Waals surface area contributed by atoms with E-state index in [0.29, 0.717) is 11.2 Å². The molecule has 2 heterocycles.